The van der Waals surface area contributed by atoms with Gasteiger partial charge < -0.3 is 14.8 Å². The van der Waals surface area contributed by atoms with Crippen LogP contribution in [0, 0.1) is 0 Å². The zero-order valence-corrected chi connectivity index (χ0v) is 19.3. The van der Waals surface area contributed by atoms with Gasteiger partial charge >= 0.3 is 0 Å². The number of hydrogen-bond acceptors (Lipinski definition) is 5. The average molecular weight is 467 g/mol. The lowest BCUT2D eigenvalue weighted by atomic mass is 10.1. The first-order chi connectivity index (χ1) is 15.9. The number of amides is 1. The van der Waals surface area contributed by atoms with Crippen molar-refractivity contribution in [2.75, 3.05) is 19.0 Å². The number of nitrogens with one attached hydrogen (secondary N) is 1. The zero-order chi connectivity index (χ0) is 23.4. The van der Waals surface area contributed by atoms with Crippen molar-refractivity contribution >= 4 is 21.6 Å². The highest BCUT2D eigenvalue weighted by molar-refractivity contribution is 7.89. The Hall–Kier alpha value is -3.36. The summed E-state index contributed by atoms with van der Waals surface area (Å²) in [6.45, 7) is 2.00. The van der Waals surface area contributed by atoms with Crippen LogP contribution in [-0.2, 0) is 27.8 Å². The number of hydrogen-bond donors (Lipinski definition) is 1. The third-order valence-electron chi connectivity index (χ3n) is 5.57. The molecule has 8 heteroatoms. The first kappa shape index (κ1) is 22.8. The fourth-order valence-corrected chi connectivity index (χ4v) is 5.54. The Labute approximate surface area is 194 Å². The van der Waals surface area contributed by atoms with E-state index >= 15 is 0 Å². The van der Waals surface area contributed by atoms with E-state index < -0.39 is 10.0 Å². The molecular formula is C25H26N2O5S. The van der Waals surface area contributed by atoms with Crippen LogP contribution in [0.3, 0.4) is 0 Å². The summed E-state index contributed by atoms with van der Waals surface area (Å²) in [7, 11) is -2.30. The number of fused-ring (bicyclic) bond motifs is 1. The normalized spacial score (nSPS) is 14.2. The second-order valence-corrected chi connectivity index (χ2v) is 9.79. The van der Waals surface area contributed by atoms with Crippen molar-refractivity contribution in [3.63, 3.8) is 0 Å². The molecule has 0 saturated carbocycles. The fraction of sp³-hybridized carbons (Fsp3) is 0.240. The highest BCUT2D eigenvalue weighted by Gasteiger charge is 2.31. The van der Waals surface area contributed by atoms with Crippen LogP contribution in [0.2, 0.25) is 0 Å². The van der Waals surface area contributed by atoms with Crippen molar-refractivity contribution in [3.8, 4) is 11.5 Å². The van der Waals surface area contributed by atoms with Crippen LogP contribution in [0.5, 0.6) is 11.5 Å². The van der Waals surface area contributed by atoms with E-state index in [2.05, 4.69) is 5.32 Å². The molecule has 0 bridgehead atoms. The second kappa shape index (κ2) is 9.64. The second-order valence-electron chi connectivity index (χ2n) is 7.90. The van der Waals surface area contributed by atoms with Crippen LogP contribution < -0.4 is 14.8 Å². The Morgan fingerprint density at radius 2 is 1.79 bits per heavy atom. The number of carbonyl (C=O) groups is 1. The predicted molar refractivity (Wildman–Crippen MR) is 126 cm³/mol. The van der Waals surface area contributed by atoms with Crippen molar-refractivity contribution in [1.82, 2.24) is 4.31 Å². The molecule has 0 radical (unpaired) electrons. The molecule has 0 saturated heterocycles. The van der Waals surface area contributed by atoms with Crippen molar-refractivity contribution in [3.05, 3.63) is 83.9 Å². The molecule has 1 heterocycles. The minimum atomic E-state index is -3.90. The zero-order valence-electron chi connectivity index (χ0n) is 18.5. The maximum absolute atomic E-state index is 13.8. The van der Waals surface area contributed by atoms with E-state index in [1.165, 1.54) is 16.4 Å². The van der Waals surface area contributed by atoms with Gasteiger partial charge in [-0.05, 0) is 48.7 Å². The molecule has 0 fully saturated rings. The molecule has 33 heavy (non-hydrogen) atoms. The van der Waals surface area contributed by atoms with Crippen molar-refractivity contribution < 1.29 is 22.7 Å². The first-order valence-electron chi connectivity index (χ1n) is 10.6. The molecule has 4 rings (SSSR count). The fourth-order valence-electron chi connectivity index (χ4n) is 3.89. The van der Waals surface area contributed by atoms with E-state index in [0.717, 1.165) is 16.9 Å². The lowest BCUT2D eigenvalue weighted by Gasteiger charge is -2.29. The Morgan fingerprint density at radius 3 is 2.55 bits per heavy atom. The van der Waals surface area contributed by atoms with Crippen molar-refractivity contribution in [2.24, 2.45) is 0 Å². The van der Waals surface area contributed by atoms with E-state index in [-0.39, 0.29) is 30.0 Å². The summed E-state index contributed by atoms with van der Waals surface area (Å²) in [6, 6.07) is 21.2. The maximum atomic E-state index is 13.8. The van der Waals surface area contributed by atoms with Gasteiger partial charge in [-0.15, -0.1) is 0 Å². The maximum Gasteiger partial charge on any atom is 0.262 e. The summed E-state index contributed by atoms with van der Waals surface area (Å²) in [4.78, 5) is 11.8. The highest BCUT2D eigenvalue weighted by Crippen LogP contribution is 2.33. The third kappa shape index (κ3) is 5.02. The van der Waals surface area contributed by atoms with Crippen LogP contribution in [0.15, 0.2) is 77.7 Å². The summed E-state index contributed by atoms with van der Waals surface area (Å²) < 4.78 is 40.0. The van der Waals surface area contributed by atoms with Gasteiger partial charge in [-0.3, -0.25) is 4.79 Å². The molecular weight excluding hydrogens is 440 g/mol. The van der Waals surface area contributed by atoms with Gasteiger partial charge in [-0.1, -0.05) is 48.5 Å². The predicted octanol–water partition coefficient (Wildman–Crippen LogP) is 3.85. The van der Waals surface area contributed by atoms with Crippen LogP contribution >= 0.6 is 0 Å². The molecule has 3 aromatic carbocycles. The van der Waals surface area contributed by atoms with Gasteiger partial charge in [0.2, 0.25) is 10.0 Å². The molecule has 172 valence electrons. The van der Waals surface area contributed by atoms with Gasteiger partial charge in [0.15, 0.2) is 6.61 Å². The van der Waals surface area contributed by atoms with Crippen LogP contribution in [0.25, 0.3) is 0 Å². The molecule has 7 nitrogen and oxygen atoms in total. The van der Waals surface area contributed by atoms with Gasteiger partial charge in [0.25, 0.3) is 5.91 Å². The number of benzene rings is 3. The third-order valence-corrected chi connectivity index (χ3v) is 7.53. The van der Waals surface area contributed by atoms with Crippen LogP contribution in [0.1, 0.15) is 18.1 Å². The van der Waals surface area contributed by atoms with Gasteiger partial charge in [0, 0.05) is 12.6 Å². The Bertz CT molecular complexity index is 1240. The molecule has 0 aromatic heterocycles. The van der Waals surface area contributed by atoms with Crippen molar-refractivity contribution in [1.29, 1.82) is 0 Å². The Morgan fingerprint density at radius 1 is 1.06 bits per heavy atom. The summed E-state index contributed by atoms with van der Waals surface area (Å²) in [5.74, 6) is 0.850. The number of nitrogens with zero attached hydrogens (tertiary/aromatic N) is 1. The number of rotatable bonds is 8. The van der Waals surface area contributed by atoms with Crippen LogP contribution in [0.4, 0.5) is 5.69 Å². The molecule has 1 N–H and O–H groups in total. The number of ether oxygens (including phenoxy) is 2. The molecule has 1 amide bonds. The number of carbonyl (C=O) groups excluding carboxylic acids is 1. The van der Waals surface area contributed by atoms with E-state index in [0.29, 0.717) is 17.9 Å². The smallest absolute Gasteiger partial charge is 0.262 e. The van der Waals surface area contributed by atoms with Gasteiger partial charge in [0.05, 0.1) is 17.7 Å². The molecule has 0 spiro atoms. The van der Waals surface area contributed by atoms with E-state index in [1.807, 2.05) is 61.5 Å². The largest absolute Gasteiger partial charge is 0.496 e. The van der Waals surface area contributed by atoms with E-state index in [4.69, 9.17) is 9.47 Å². The number of para-hydroxylation sites is 1. The Balaban J connectivity index is 1.70. The van der Waals surface area contributed by atoms with Crippen LogP contribution in [-0.4, -0.2) is 38.4 Å². The van der Waals surface area contributed by atoms with Gasteiger partial charge in [0.1, 0.15) is 11.5 Å². The highest BCUT2D eigenvalue weighted by atomic mass is 32.2. The number of anilines is 1. The summed E-state index contributed by atoms with van der Waals surface area (Å²) in [6.07, 6.45) is 0.473. The molecule has 0 aliphatic carbocycles. The molecule has 1 atom stereocenters. The molecule has 1 aliphatic rings. The quantitative estimate of drug-likeness (QED) is 0.545. The monoisotopic (exact) mass is 466 g/mol. The molecule has 1 aliphatic heterocycles. The lowest BCUT2D eigenvalue weighted by Crippen LogP contribution is -2.39. The summed E-state index contributed by atoms with van der Waals surface area (Å²) in [5.41, 5.74) is 2.15. The lowest BCUT2D eigenvalue weighted by molar-refractivity contribution is -0.118. The molecule has 3 aromatic rings. The minimum absolute atomic E-state index is 0.0881. The first-order valence-corrected chi connectivity index (χ1v) is 12.1. The SMILES string of the molecule is COc1ccccc1CC(C)N(Cc1ccccc1)S(=O)(=O)c1ccc2c(c1)NC(=O)CO2. The molecule has 1 unspecified atom stereocenters. The van der Waals surface area contributed by atoms with E-state index in [9.17, 15) is 13.2 Å². The van der Waals surface area contributed by atoms with Gasteiger partial charge in [-0.25, -0.2) is 8.42 Å². The van der Waals surface area contributed by atoms with Crippen molar-refractivity contribution in [2.45, 2.75) is 30.8 Å². The average Bonchev–Trinajstić information content (AvgIpc) is 2.82. The minimum Gasteiger partial charge on any atom is -0.496 e. The van der Waals surface area contributed by atoms with E-state index in [1.54, 1.807) is 13.2 Å². The summed E-state index contributed by atoms with van der Waals surface area (Å²) in [5, 5.41) is 2.68. The topological polar surface area (TPSA) is 84.9 Å². The number of methoxy groups -OCH3 is 1. The summed E-state index contributed by atoms with van der Waals surface area (Å²) >= 11 is 0. The Kier molecular flexibility index (Phi) is 6.67. The number of sulfonamides is 1. The standard InChI is InChI=1S/C25H26N2O5S/c1-18(14-20-10-6-7-11-23(20)31-2)27(16-19-8-4-3-5-9-19)33(29,30)21-12-13-24-22(15-21)26-25(28)17-32-24/h3-13,15,18H,14,16-17H2,1-2H3,(H,26,28). The van der Waals surface area contributed by atoms with Gasteiger partial charge in [-0.2, -0.15) is 4.31 Å².